The van der Waals surface area contributed by atoms with Crippen molar-refractivity contribution in [3.63, 3.8) is 0 Å². The van der Waals surface area contributed by atoms with Crippen LogP contribution in [0.4, 0.5) is 10.8 Å². The zero-order valence-electron chi connectivity index (χ0n) is 15.9. The number of anilines is 1. The first kappa shape index (κ1) is 19.8. The quantitative estimate of drug-likeness (QED) is 0.321. The van der Waals surface area contributed by atoms with Crippen LogP contribution >= 0.6 is 23.1 Å². The Balaban J connectivity index is 1.55. The molecule has 0 spiro atoms. The van der Waals surface area contributed by atoms with Crippen molar-refractivity contribution in [2.24, 2.45) is 0 Å². The standard InChI is InChI=1S/C22H15N5OS2/c1-23-16-8-9-18(25-12-16)14-5-3-6-15(11-14)19-13-30-22(26-19)27-20(28)17-7-4-10-24-21(17)29-2/h3-13H,2H3,(H,26,27,28). The molecule has 8 heteroatoms. The molecule has 0 aliphatic carbocycles. The number of thioether (sulfide) groups is 1. The molecule has 1 N–H and O–H groups in total. The number of nitrogens with one attached hydrogen (secondary N) is 1. The molecule has 0 fully saturated rings. The van der Waals surface area contributed by atoms with Crippen LogP contribution in [0.15, 0.2) is 71.3 Å². The Hall–Kier alpha value is -3.54. The van der Waals surface area contributed by atoms with Crippen molar-refractivity contribution >= 4 is 39.8 Å². The lowest BCUT2D eigenvalue weighted by molar-refractivity contribution is 0.102. The first-order valence-electron chi connectivity index (χ1n) is 8.88. The van der Waals surface area contributed by atoms with Crippen molar-refractivity contribution in [2.45, 2.75) is 5.03 Å². The van der Waals surface area contributed by atoms with Gasteiger partial charge in [-0.3, -0.25) is 15.1 Å². The van der Waals surface area contributed by atoms with Crippen molar-refractivity contribution < 1.29 is 4.79 Å². The van der Waals surface area contributed by atoms with E-state index in [4.69, 9.17) is 6.57 Å². The van der Waals surface area contributed by atoms with E-state index in [2.05, 4.69) is 25.1 Å². The van der Waals surface area contributed by atoms with Gasteiger partial charge in [0.05, 0.1) is 23.5 Å². The van der Waals surface area contributed by atoms with Crippen LogP contribution in [0.5, 0.6) is 0 Å². The van der Waals surface area contributed by atoms with Gasteiger partial charge in [0.15, 0.2) is 5.13 Å². The molecule has 146 valence electrons. The molecule has 1 aromatic carbocycles. The summed E-state index contributed by atoms with van der Waals surface area (Å²) in [5.74, 6) is -0.230. The normalized spacial score (nSPS) is 10.4. The summed E-state index contributed by atoms with van der Waals surface area (Å²) in [7, 11) is 0. The number of hydrogen-bond acceptors (Lipinski definition) is 6. The summed E-state index contributed by atoms with van der Waals surface area (Å²) in [6, 6.07) is 14.9. The zero-order chi connectivity index (χ0) is 20.9. The Labute approximate surface area is 181 Å². The molecule has 0 aliphatic rings. The number of nitrogens with zero attached hydrogens (tertiary/aromatic N) is 4. The van der Waals surface area contributed by atoms with Crippen LogP contribution in [-0.2, 0) is 0 Å². The van der Waals surface area contributed by atoms with Crippen molar-refractivity contribution in [1.82, 2.24) is 15.0 Å². The minimum atomic E-state index is -0.230. The van der Waals surface area contributed by atoms with E-state index in [0.29, 0.717) is 21.4 Å². The molecule has 0 aliphatic heterocycles. The third kappa shape index (κ3) is 4.22. The molecule has 0 radical (unpaired) electrons. The maximum atomic E-state index is 12.6. The van der Waals surface area contributed by atoms with Crippen LogP contribution in [-0.4, -0.2) is 27.1 Å². The summed E-state index contributed by atoms with van der Waals surface area (Å²) in [4.78, 5) is 29.1. The van der Waals surface area contributed by atoms with Crippen molar-refractivity contribution in [1.29, 1.82) is 0 Å². The molecular formula is C22H15N5OS2. The fourth-order valence-electron chi connectivity index (χ4n) is 2.82. The molecule has 0 atom stereocenters. The summed E-state index contributed by atoms with van der Waals surface area (Å²) in [5, 5.41) is 5.96. The van der Waals surface area contributed by atoms with E-state index in [9.17, 15) is 4.79 Å². The number of carbonyl (C=O) groups is 1. The lowest BCUT2D eigenvalue weighted by atomic mass is 10.1. The molecule has 6 nitrogen and oxygen atoms in total. The largest absolute Gasteiger partial charge is 0.298 e. The highest BCUT2D eigenvalue weighted by Gasteiger charge is 2.14. The van der Waals surface area contributed by atoms with Crippen LogP contribution in [0.25, 0.3) is 27.4 Å². The van der Waals surface area contributed by atoms with Crippen LogP contribution in [0.2, 0.25) is 0 Å². The molecular weight excluding hydrogens is 414 g/mol. The number of hydrogen-bond donors (Lipinski definition) is 1. The molecule has 3 heterocycles. The molecule has 0 unspecified atom stereocenters. The third-order valence-electron chi connectivity index (χ3n) is 4.26. The van der Waals surface area contributed by atoms with Gasteiger partial charge in [-0.05, 0) is 30.5 Å². The van der Waals surface area contributed by atoms with Gasteiger partial charge in [-0.25, -0.2) is 14.8 Å². The molecule has 0 bridgehead atoms. The molecule has 1 amide bonds. The predicted octanol–water partition coefficient (Wildman–Crippen LogP) is 5.79. The van der Waals surface area contributed by atoms with E-state index in [1.54, 1.807) is 30.6 Å². The lowest BCUT2D eigenvalue weighted by Gasteiger charge is -2.05. The first-order valence-corrected chi connectivity index (χ1v) is 11.0. The van der Waals surface area contributed by atoms with Gasteiger partial charge < -0.3 is 0 Å². The van der Waals surface area contributed by atoms with Gasteiger partial charge in [0.25, 0.3) is 5.91 Å². The highest BCUT2D eigenvalue weighted by molar-refractivity contribution is 7.98. The highest BCUT2D eigenvalue weighted by Crippen LogP contribution is 2.29. The van der Waals surface area contributed by atoms with Gasteiger partial charge >= 0.3 is 0 Å². The summed E-state index contributed by atoms with van der Waals surface area (Å²) in [6.07, 6.45) is 5.12. The van der Waals surface area contributed by atoms with E-state index in [1.165, 1.54) is 23.1 Å². The second kappa shape index (κ2) is 8.86. The molecule has 4 rings (SSSR count). The Morgan fingerprint density at radius 1 is 1.10 bits per heavy atom. The molecule has 0 saturated heterocycles. The number of aromatic nitrogens is 3. The zero-order valence-corrected chi connectivity index (χ0v) is 17.5. The maximum Gasteiger partial charge on any atom is 0.260 e. The number of rotatable bonds is 5. The number of pyridine rings is 2. The Kier molecular flexibility index (Phi) is 5.84. The SMILES string of the molecule is [C-]#[N+]c1ccc(-c2cccc(-c3csc(NC(=O)c4cccnc4SC)n3)c2)nc1. The Morgan fingerprint density at radius 3 is 2.67 bits per heavy atom. The third-order valence-corrected chi connectivity index (χ3v) is 5.73. The van der Waals surface area contributed by atoms with Crippen LogP contribution in [0.3, 0.4) is 0 Å². The second-order valence-corrected chi connectivity index (χ2v) is 7.80. The van der Waals surface area contributed by atoms with Crippen molar-refractivity contribution in [3.8, 4) is 22.5 Å². The predicted molar refractivity (Wildman–Crippen MR) is 121 cm³/mol. The van der Waals surface area contributed by atoms with Gasteiger partial charge in [-0.2, -0.15) is 0 Å². The smallest absolute Gasteiger partial charge is 0.260 e. The van der Waals surface area contributed by atoms with Crippen LogP contribution in [0.1, 0.15) is 10.4 Å². The Morgan fingerprint density at radius 2 is 1.93 bits per heavy atom. The number of thiazole rings is 1. The minimum absolute atomic E-state index is 0.230. The van der Waals surface area contributed by atoms with E-state index >= 15 is 0 Å². The summed E-state index contributed by atoms with van der Waals surface area (Å²) in [6.45, 7) is 7.04. The molecule has 4 aromatic rings. The average molecular weight is 430 g/mol. The second-order valence-electron chi connectivity index (χ2n) is 6.15. The average Bonchev–Trinajstić information content (AvgIpc) is 3.27. The van der Waals surface area contributed by atoms with E-state index in [1.807, 2.05) is 42.0 Å². The lowest BCUT2D eigenvalue weighted by Crippen LogP contribution is -2.13. The van der Waals surface area contributed by atoms with Gasteiger partial charge in [0, 0.05) is 28.9 Å². The number of benzene rings is 1. The fraction of sp³-hybridized carbons (Fsp3) is 0.0455. The van der Waals surface area contributed by atoms with Crippen LogP contribution < -0.4 is 5.32 Å². The molecule has 30 heavy (non-hydrogen) atoms. The van der Waals surface area contributed by atoms with E-state index in [0.717, 1.165) is 22.5 Å². The summed E-state index contributed by atoms with van der Waals surface area (Å²) < 4.78 is 0. The minimum Gasteiger partial charge on any atom is -0.298 e. The van der Waals surface area contributed by atoms with Gasteiger partial charge in [0.1, 0.15) is 5.03 Å². The van der Waals surface area contributed by atoms with E-state index in [-0.39, 0.29) is 5.91 Å². The van der Waals surface area contributed by atoms with E-state index < -0.39 is 0 Å². The van der Waals surface area contributed by atoms with Gasteiger partial charge in [-0.1, -0.05) is 24.3 Å². The number of amides is 1. The van der Waals surface area contributed by atoms with Gasteiger partial charge in [0.2, 0.25) is 5.69 Å². The number of carbonyl (C=O) groups excluding carboxylic acids is 1. The van der Waals surface area contributed by atoms with Gasteiger partial charge in [-0.15, -0.1) is 23.1 Å². The molecule has 3 aromatic heterocycles. The Bertz CT molecular complexity index is 1240. The van der Waals surface area contributed by atoms with Crippen molar-refractivity contribution in [3.05, 3.63) is 83.3 Å². The topological polar surface area (TPSA) is 72.1 Å². The maximum absolute atomic E-state index is 12.6. The highest BCUT2D eigenvalue weighted by atomic mass is 32.2. The van der Waals surface area contributed by atoms with Crippen molar-refractivity contribution in [2.75, 3.05) is 11.6 Å². The fourth-order valence-corrected chi connectivity index (χ4v) is 4.08. The summed E-state index contributed by atoms with van der Waals surface area (Å²) >= 11 is 2.80. The van der Waals surface area contributed by atoms with Crippen LogP contribution in [0, 0.1) is 6.57 Å². The molecule has 0 saturated carbocycles. The monoisotopic (exact) mass is 429 g/mol. The first-order chi connectivity index (χ1) is 14.7. The summed E-state index contributed by atoms with van der Waals surface area (Å²) in [5.41, 5.74) is 4.44.